The Morgan fingerprint density at radius 1 is 0.891 bits per heavy atom. The number of halogens is 6. The minimum absolute atomic E-state index is 0.101. The van der Waals surface area contributed by atoms with E-state index in [2.05, 4.69) is 32.1 Å². The first-order chi connectivity index (χ1) is 21.7. The van der Waals surface area contributed by atoms with E-state index in [-0.39, 0.29) is 28.9 Å². The monoisotopic (exact) mass is 669 g/mol. The highest BCUT2D eigenvalue weighted by Gasteiger charge is 2.43. The number of esters is 2. The van der Waals surface area contributed by atoms with Gasteiger partial charge in [0.25, 0.3) is 0 Å². The van der Waals surface area contributed by atoms with Crippen LogP contribution in [0.1, 0.15) is 28.4 Å². The van der Waals surface area contributed by atoms with Crippen LogP contribution in [0, 0.1) is 0 Å². The molecule has 3 aromatic carbocycles. The van der Waals surface area contributed by atoms with Crippen LogP contribution in [0.15, 0.2) is 71.5 Å². The summed E-state index contributed by atoms with van der Waals surface area (Å²) < 4.78 is 86.6. The van der Waals surface area contributed by atoms with E-state index in [1.54, 1.807) is 0 Å². The van der Waals surface area contributed by atoms with Crippen LogP contribution < -0.4 is 14.9 Å². The van der Waals surface area contributed by atoms with Crippen molar-refractivity contribution in [2.45, 2.75) is 37.8 Å². The van der Waals surface area contributed by atoms with Crippen molar-refractivity contribution in [2.24, 2.45) is 0 Å². The molecule has 1 aromatic heterocycles. The molecule has 0 aliphatic heterocycles. The maximum atomic E-state index is 13.1. The third-order valence-electron chi connectivity index (χ3n) is 6.82. The Morgan fingerprint density at radius 3 is 2.26 bits per heavy atom. The second kappa shape index (κ2) is 14.9. The molecule has 0 aliphatic rings. The van der Waals surface area contributed by atoms with Gasteiger partial charge in [0.05, 0.1) is 4.70 Å². The number of rotatable bonds is 13. The first-order valence-electron chi connectivity index (χ1n) is 13.9. The number of nitrogens with zero attached hydrogens (tertiary/aromatic N) is 1. The third kappa shape index (κ3) is 9.64. The van der Waals surface area contributed by atoms with Gasteiger partial charge in [-0.25, -0.2) is 9.59 Å². The standard InChI is InChI=1S/C31H29F6N3O5S/c1-40(15-13-19-6-3-2-4-7-19)18-21-9-5-8-20(16-21)12-14-38-17-24(45-28(42)31(35,36)37)22-10-11-23(44-27(41)30(32,33)34)25-26(22)46-29(43)39-25/h2-11,16,24,38H,12-15,17-18H2,1H3,(H,39,43)/t24-/m0/s1. The minimum atomic E-state index is -5.34. The zero-order valence-corrected chi connectivity index (χ0v) is 25.2. The van der Waals surface area contributed by atoms with E-state index in [1.165, 1.54) is 5.56 Å². The zero-order chi connectivity index (χ0) is 33.5. The molecule has 0 aliphatic carbocycles. The van der Waals surface area contributed by atoms with Crippen LogP contribution in [0.25, 0.3) is 10.2 Å². The van der Waals surface area contributed by atoms with Gasteiger partial charge in [0, 0.05) is 25.2 Å². The van der Waals surface area contributed by atoms with Gasteiger partial charge in [0.1, 0.15) is 11.6 Å². The maximum absolute atomic E-state index is 13.1. The molecule has 8 nitrogen and oxygen atoms in total. The number of thiazole rings is 1. The van der Waals surface area contributed by atoms with Crippen molar-refractivity contribution in [2.75, 3.05) is 26.7 Å². The van der Waals surface area contributed by atoms with Crippen LogP contribution in [0.4, 0.5) is 26.3 Å². The molecule has 4 rings (SSSR count). The van der Waals surface area contributed by atoms with Gasteiger partial charge in [0.15, 0.2) is 5.75 Å². The highest BCUT2D eigenvalue weighted by atomic mass is 32.1. The summed E-state index contributed by atoms with van der Waals surface area (Å²) in [4.78, 5) is 38.9. The number of nitrogens with one attached hydrogen (secondary N) is 2. The van der Waals surface area contributed by atoms with Crippen LogP contribution in [0.5, 0.6) is 5.75 Å². The Labute approximate surface area is 262 Å². The summed E-state index contributed by atoms with van der Waals surface area (Å²) in [7, 11) is 2.02. The molecule has 2 N–H and O–H groups in total. The van der Waals surface area contributed by atoms with Gasteiger partial charge in [-0.3, -0.25) is 4.79 Å². The third-order valence-corrected chi connectivity index (χ3v) is 7.75. The van der Waals surface area contributed by atoms with Crippen LogP contribution in [0.3, 0.4) is 0 Å². The van der Waals surface area contributed by atoms with Crippen LogP contribution in [0.2, 0.25) is 0 Å². The lowest BCUT2D eigenvalue weighted by Gasteiger charge is -2.21. The van der Waals surface area contributed by atoms with Crippen molar-refractivity contribution < 1.29 is 45.4 Å². The predicted octanol–water partition coefficient (Wildman–Crippen LogP) is 5.71. The number of fused-ring (bicyclic) bond motifs is 1. The number of likely N-dealkylation sites (N-methyl/N-ethyl adjacent to an activating group) is 1. The van der Waals surface area contributed by atoms with Gasteiger partial charge in [-0.1, -0.05) is 65.9 Å². The molecule has 1 atom stereocenters. The second-order valence-corrected chi connectivity index (χ2v) is 11.4. The quantitative estimate of drug-likeness (QED) is 0.0815. The topological polar surface area (TPSA) is 101 Å². The van der Waals surface area contributed by atoms with Gasteiger partial charge in [0.2, 0.25) is 0 Å². The van der Waals surface area contributed by atoms with E-state index in [9.17, 15) is 40.7 Å². The Bertz CT molecular complexity index is 1700. The lowest BCUT2D eigenvalue weighted by Crippen LogP contribution is -2.32. The van der Waals surface area contributed by atoms with E-state index >= 15 is 0 Å². The number of aromatic nitrogens is 1. The average Bonchev–Trinajstić information content (AvgIpc) is 3.39. The molecular formula is C31H29F6N3O5S. The smallest absolute Gasteiger partial charge is 0.449 e. The summed E-state index contributed by atoms with van der Waals surface area (Å²) in [5.74, 6) is -5.72. The van der Waals surface area contributed by atoms with Crippen molar-refractivity contribution in [3.63, 3.8) is 0 Å². The number of ether oxygens (including phenoxy) is 2. The SMILES string of the molecule is CN(CCc1ccccc1)Cc1cccc(CCNC[C@H](OC(=O)C(F)(F)F)c2ccc(OC(=O)C(F)(F)F)c3[nH]c(=O)sc23)c1. The van der Waals surface area contributed by atoms with Crippen LogP contribution >= 0.6 is 11.3 Å². The predicted molar refractivity (Wildman–Crippen MR) is 159 cm³/mol. The fourth-order valence-corrected chi connectivity index (χ4v) is 5.55. The number of aromatic amines is 1. The largest absolute Gasteiger partial charge is 0.491 e. The molecule has 0 amide bonds. The number of carbonyl (C=O) groups is 2. The number of H-pyrrole nitrogens is 1. The minimum Gasteiger partial charge on any atom is -0.449 e. The summed E-state index contributed by atoms with van der Waals surface area (Å²) in [5.41, 5.74) is 2.80. The van der Waals surface area contributed by atoms with Crippen molar-refractivity contribution in [1.82, 2.24) is 15.2 Å². The normalized spacial score (nSPS) is 12.8. The number of alkyl halides is 6. The first-order valence-corrected chi connectivity index (χ1v) is 14.8. The zero-order valence-electron chi connectivity index (χ0n) is 24.3. The summed E-state index contributed by atoms with van der Waals surface area (Å²) >= 11 is 0.447. The Balaban J connectivity index is 1.43. The molecule has 0 saturated carbocycles. The fraction of sp³-hybridized carbons (Fsp3) is 0.323. The van der Waals surface area contributed by atoms with Crippen molar-refractivity contribution in [3.8, 4) is 5.75 Å². The number of carbonyl (C=O) groups excluding carboxylic acids is 2. The Kier molecular flexibility index (Phi) is 11.2. The Hall–Kier alpha value is -4.21. The summed E-state index contributed by atoms with van der Waals surface area (Å²) in [5, 5.41) is 2.95. The highest BCUT2D eigenvalue weighted by Crippen LogP contribution is 2.35. The van der Waals surface area contributed by atoms with Crippen LogP contribution in [-0.4, -0.2) is 60.9 Å². The number of hydrogen-bond acceptors (Lipinski definition) is 8. The van der Waals surface area contributed by atoms with Gasteiger partial charge in [-0.05, 0) is 55.3 Å². The molecule has 0 unspecified atom stereocenters. The molecule has 0 saturated heterocycles. The van der Waals surface area contributed by atoms with E-state index < -0.39 is 41.0 Å². The van der Waals surface area contributed by atoms with E-state index in [1.807, 2.05) is 49.5 Å². The fourth-order valence-electron chi connectivity index (χ4n) is 4.64. The summed E-state index contributed by atoms with van der Waals surface area (Å²) in [6, 6.07) is 19.8. The maximum Gasteiger partial charge on any atom is 0.491 e. The molecule has 15 heteroatoms. The van der Waals surface area contributed by atoms with Gasteiger partial charge in [-0.15, -0.1) is 0 Å². The summed E-state index contributed by atoms with van der Waals surface area (Å²) in [6.45, 7) is 1.49. The van der Waals surface area contributed by atoms with Gasteiger partial charge in [-0.2, -0.15) is 26.3 Å². The van der Waals surface area contributed by atoms with Crippen molar-refractivity contribution in [1.29, 1.82) is 0 Å². The number of hydrogen-bond donors (Lipinski definition) is 2. The lowest BCUT2D eigenvalue weighted by atomic mass is 10.1. The van der Waals surface area contributed by atoms with E-state index in [4.69, 9.17) is 4.74 Å². The lowest BCUT2D eigenvalue weighted by molar-refractivity contribution is -0.205. The molecule has 4 aromatic rings. The molecule has 0 fully saturated rings. The molecule has 46 heavy (non-hydrogen) atoms. The molecule has 0 spiro atoms. The van der Waals surface area contributed by atoms with Crippen molar-refractivity contribution >= 4 is 33.5 Å². The molecule has 1 heterocycles. The van der Waals surface area contributed by atoms with Gasteiger partial charge < -0.3 is 24.7 Å². The number of benzene rings is 3. The Morgan fingerprint density at radius 2 is 1.57 bits per heavy atom. The van der Waals surface area contributed by atoms with E-state index in [0.717, 1.165) is 36.2 Å². The molecule has 0 radical (unpaired) electrons. The molecular weight excluding hydrogens is 640 g/mol. The molecule has 0 bridgehead atoms. The first kappa shape index (κ1) is 34.7. The summed E-state index contributed by atoms with van der Waals surface area (Å²) in [6.07, 6.45) is -10.9. The van der Waals surface area contributed by atoms with Crippen molar-refractivity contribution in [3.05, 3.63) is 98.7 Å². The van der Waals surface area contributed by atoms with E-state index in [0.29, 0.717) is 24.3 Å². The highest BCUT2D eigenvalue weighted by molar-refractivity contribution is 7.16. The van der Waals surface area contributed by atoms with Crippen LogP contribution in [-0.2, 0) is 33.7 Å². The average molecular weight is 670 g/mol. The second-order valence-electron chi connectivity index (χ2n) is 10.4. The molecule has 246 valence electrons. The van der Waals surface area contributed by atoms with Gasteiger partial charge >= 0.3 is 29.2 Å².